The largest absolute Gasteiger partial charge is 0.480 e. The zero-order valence-corrected chi connectivity index (χ0v) is 9.55. The fourth-order valence-electron chi connectivity index (χ4n) is 2.27. The van der Waals surface area contributed by atoms with E-state index in [4.69, 9.17) is 5.26 Å². The monoisotopic (exact) mass is 231 g/mol. The second-order valence-electron chi connectivity index (χ2n) is 4.32. The number of nitrogens with zero attached hydrogens (tertiary/aromatic N) is 3. The molecule has 17 heavy (non-hydrogen) atoms. The molecule has 2 rings (SSSR count). The third-order valence-electron chi connectivity index (χ3n) is 3.28. The van der Waals surface area contributed by atoms with Gasteiger partial charge in [-0.3, -0.25) is 0 Å². The highest BCUT2D eigenvalue weighted by molar-refractivity contribution is 5.84. The van der Waals surface area contributed by atoms with Crippen LogP contribution >= 0.6 is 0 Å². The molecule has 0 bridgehead atoms. The number of hydrogen-bond donors (Lipinski definition) is 1. The maximum absolute atomic E-state index is 11.4. The quantitative estimate of drug-likeness (QED) is 0.832. The van der Waals surface area contributed by atoms with Crippen molar-refractivity contribution in [1.82, 2.24) is 4.98 Å². The van der Waals surface area contributed by atoms with Gasteiger partial charge in [0.1, 0.15) is 11.6 Å². The molecule has 1 aromatic rings. The average molecular weight is 231 g/mol. The first-order valence-corrected chi connectivity index (χ1v) is 5.46. The lowest BCUT2D eigenvalue weighted by Crippen LogP contribution is -2.48. The molecule has 1 N–H and O–H groups in total. The molecule has 1 aliphatic rings. The van der Waals surface area contributed by atoms with E-state index >= 15 is 0 Å². The van der Waals surface area contributed by atoms with E-state index in [1.807, 2.05) is 6.07 Å². The van der Waals surface area contributed by atoms with Crippen LogP contribution in [0.15, 0.2) is 18.3 Å². The molecular weight excluding hydrogens is 218 g/mol. The summed E-state index contributed by atoms with van der Waals surface area (Å²) in [7, 11) is 0. The predicted molar refractivity (Wildman–Crippen MR) is 61.6 cm³/mol. The molecule has 0 amide bonds. The highest BCUT2D eigenvalue weighted by atomic mass is 16.4. The van der Waals surface area contributed by atoms with Crippen molar-refractivity contribution >= 4 is 11.7 Å². The average Bonchev–Trinajstić information content (AvgIpc) is 2.72. The number of aliphatic carboxylic acids is 1. The van der Waals surface area contributed by atoms with Crippen LogP contribution in [0.3, 0.4) is 0 Å². The summed E-state index contributed by atoms with van der Waals surface area (Å²) < 4.78 is 0. The molecule has 0 radical (unpaired) electrons. The van der Waals surface area contributed by atoms with E-state index in [0.29, 0.717) is 18.7 Å². The molecule has 1 saturated heterocycles. The highest BCUT2D eigenvalue weighted by Crippen LogP contribution is 2.35. The smallest absolute Gasteiger partial charge is 0.329 e. The van der Waals surface area contributed by atoms with Gasteiger partial charge in [0.15, 0.2) is 5.69 Å². The van der Waals surface area contributed by atoms with Gasteiger partial charge in [-0.1, -0.05) is 0 Å². The number of pyridine rings is 1. The summed E-state index contributed by atoms with van der Waals surface area (Å²) in [4.78, 5) is 17.1. The van der Waals surface area contributed by atoms with Crippen molar-refractivity contribution in [3.8, 4) is 6.07 Å². The molecule has 88 valence electrons. The van der Waals surface area contributed by atoms with E-state index in [9.17, 15) is 9.90 Å². The van der Waals surface area contributed by atoms with Gasteiger partial charge in [0.2, 0.25) is 0 Å². The number of carboxylic acid groups (broad SMARTS) is 1. The second kappa shape index (κ2) is 4.06. The van der Waals surface area contributed by atoms with Crippen LogP contribution in [0.25, 0.3) is 0 Å². The zero-order valence-electron chi connectivity index (χ0n) is 9.55. The third-order valence-corrected chi connectivity index (χ3v) is 3.28. The molecule has 0 aliphatic carbocycles. The number of carboxylic acids is 1. The molecule has 1 aromatic heterocycles. The number of aromatic nitrogens is 1. The molecule has 0 saturated carbocycles. The molecule has 1 fully saturated rings. The maximum atomic E-state index is 11.4. The van der Waals surface area contributed by atoms with Gasteiger partial charge in [-0.2, -0.15) is 5.26 Å². The van der Waals surface area contributed by atoms with Gasteiger partial charge in [0.05, 0.1) is 5.69 Å². The SMILES string of the molecule is CC1(C(=O)O)CCCN1c1cccnc1C#N. The Kier molecular flexibility index (Phi) is 2.72. The standard InChI is InChI=1S/C12H13N3O2/c1-12(11(16)17)5-3-7-15(12)10-4-2-6-14-9(10)8-13/h2,4,6H,3,5,7H2,1H3,(H,16,17). The van der Waals surface area contributed by atoms with Gasteiger partial charge < -0.3 is 10.0 Å². The van der Waals surface area contributed by atoms with Crippen LogP contribution in [0.5, 0.6) is 0 Å². The Morgan fingerprint density at radius 2 is 2.47 bits per heavy atom. The molecular formula is C12H13N3O2. The summed E-state index contributed by atoms with van der Waals surface area (Å²) in [6.07, 6.45) is 2.93. The van der Waals surface area contributed by atoms with E-state index in [1.165, 1.54) is 6.20 Å². The summed E-state index contributed by atoms with van der Waals surface area (Å²) in [6.45, 7) is 2.33. The predicted octanol–water partition coefficient (Wildman–Crippen LogP) is 1.40. The van der Waals surface area contributed by atoms with Crippen molar-refractivity contribution in [3.63, 3.8) is 0 Å². The minimum absolute atomic E-state index is 0.280. The molecule has 1 aliphatic heterocycles. The summed E-state index contributed by atoms with van der Waals surface area (Å²) in [6, 6.07) is 5.47. The van der Waals surface area contributed by atoms with Crippen molar-refractivity contribution in [2.75, 3.05) is 11.4 Å². The zero-order chi connectivity index (χ0) is 12.5. The van der Waals surface area contributed by atoms with Crippen LogP contribution in [0.1, 0.15) is 25.5 Å². The van der Waals surface area contributed by atoms with Crippen LogP contribution in [0.2, 0.25) is 0 Å². The molecule has 2 heterocycles. The van der Waals surface area contributed by atoms with Gasteiger partial charge in [0.25, 0.3) is 0 Å². The van der Waals surface area contributed by atoms with E-state index in [2.05, 4.69) is 4.98 Å². The molecule has 0 aromatic carbocycles. The van der Waals surface area contributed by atoms with E-state index in [0.717, 1.165) is 6.42 Å². The van der Waals surface area contributed by atoms with Crippen LogP contribution in [-0.4, -0.2) is 28.1 Å². The van der Waals surface area contributed by atoms with Gasteiger partial charge in [-0.25, -0.2) is 9.78 Å². The van der Waals surface area contributed by atoms with E-state index in [1.54, 1.807) is 24.0 Å². The molecule has 1 unspecified atom stereocenters. The molecule has 1 atom stereocenters. The van der Waals surface area contributed by atoms with Crippen molar-refractivity contribution in [3.05, 3.63) is 24.0 Å². The Labute approximate surface area is 99.3 Å². The fraction of sp³-hybridized carbons (Fsp3) is 0.417. The number of nitriles is 1. The lowest BCUT2D eigenvalue weighted by atomic mass is 9.98. The topological polar surface area (TPSA) is 77.2 Å². The Morgan fingerprint density at radius 3 is 3.12 bits per heavy atom. The van der Waals surface area contributed by atoms with Crippen molar-refractivity contribution < 1.29 is 9.90 Å². The van der Waals surface area contributed by atoms with Crippen molar-refractivity contribution in [2.45, 2.75) is 25.3 Å². The highest BCUT2D eigenvalue weighted by Gasteiger charge is 2.44. The third kappa shape index (κ3) is 1.72. The van der Waals surface area contributed by atoms with Crippen molar-refractivity contribution in [2.24, 2.45) is 0 Å². The second-order valence-corrected chi connectivity index (χ2v) is 4.32. The Hall–Kier alpha value is -2.09. The molecule has 0 spiro atoms. The first-order chi connectivity index (χ1) is 8.09. The number of anilines is 1. The number of rotatable bonds is 2. The first kappa shape index (κ1) is 11.4. The number of carbonyl (C=O) groups is 1. The van der Waals surface area contributed by atoms with E-state index in [-0.39, 0.29) is 5.69 Å². The first-order valence-electron chi connectivity index (χ1n) is 5.46. The Morgan fingerprint density at radius 1 is 1.71 bits per heavy atom. The normalized spacial score (nSPS) is 23.4. The number of hydrogen-bond acceptors (Lipinski definition) is 4. The van der Waals surface area contributed by atoms with Crippen molar-refractivity contribution in [1.29, 1.82) is 5.26 Å². The van der Waals surface area contributed by atoms with Gasteiger partial charge in [0, 0.05) is 12.7 Å². The molecule has 5 heteroatoms. The van der Waals surface area contributed by atoms with Gasteiger partial charge in [-0.05, 0) is 31.9 Å². The van der Waals surface area contributed by atoms with Gasteiger partial charge >= 0.3 is 5.97 Å². The lowest BCUT2D eigenvalue weighted by Gasteiger charge is -2.33. The molecule has 5 nitrogen and oxygen atoms in total. The summed E-state index contributed by atoms with van der Waals surface area (Å²) >= 11 is 0. The fourth-order valence-corrected chi connectivity index (χ4v) is 2.27. The van der Waals surface area contributed by atoms with Crippen LogP contribution in [0.4, 0.5) is 5.69 Å². The summed E-state index contributed by atoms with van der Waals surface area (Å²) in [5.41, 5.74) is -0.0477. The Bertz CT molecular complexity index is 495. The minimum atomic E-state index is -0.936. The van der Waals surface area contributed by atoms with Crippen LogP contribution in [0, 0.1) is 11.3 Å². The maximum Gasteiger partial charge on any atom is 0.329 e. The van der Waals surface area contributed by atoms with Crippen LogP contribution < -0.4 is 4.90 Å². The summed E-state index contributed by atoms with van der Waals surface area (Å²) in [5.74, 6) is -0.859. The lowest BCUT2D eigenvalue weighted by molar-refractivity contribution is -0.142. The Balaban J connectivity index is 2.47. The van der Waals surface area contributed by atoms with E-state index < -0.39 is 11.5 Å². The summed E-state index contributed by atoms with van der Waals surface area (Å²) in [5, 5.41) is 18.3. The van der Waals surface area contributed by atoms with Gasteiger partial charge in [-0.15, -0.1) is 0 Å². The minimum Gasteiger partial charge on any atom is -0.480 e. The van der Waals surface area contributed by atoms with Crippen LogP contribution in [-0.2, 0) is 4.79 Å².